The van der Waals surface area contributed by atoms with Crippen LogP contribution in [-0.4, -0.2) is 12.6 Å². The molecule has 0 amide bonds. The molecular formula is C46H35NO2. The molecule has 0 N–H and O–H groups in total. The Kier molecular flexibility index (Phi) is 6.60. The minimum Gasteiger partial charge on any atom is -0.462 e. The molecule has 9 rings (SSSR count). The van der Waals surface area contributed by atoms with E-state index in [2.05, 4.69) is 152 Å². The molecule has 0 atom stereocenters. The lowest BCUT2D eigenvalue weighted by Gasteiger charge is -2.28. The van der Waals surface area contributed by atoms with E-state index in [1.54, 1.807) is 0 Å². The second-order valence-electron chi connectivity index (χ2n) is 13.6. The average molecular weight is 634 g/mol. The van der Waals surface area contributed by atoms with E-state index in [-0.39, 0.29) is 11.4 Å². The average Bonchev–Trinajstić information content (AvgIpc) is 3.38. The summed E-state index contributed by atoms with van der Waals surface area (Å²) in [5.74, 6) is -0.282. The zero-order valence-corrected chi connectivity index (χ0v) is 27.8. The zero-order valence-electron chi connectivity index (χ0n) is 27.8. The summed E-state index contributed by atoms with van der Waals surface area (Å²) in [4.78, 5) is 14.9. The van der Waals surface area contributed by atoms with Crippen LogP contribution in [0.1, 0.15) is 42.3 Å². The Hall–Kier alpha value is -5.93. The molecule has 0 saturated heterocycles. The molecule has 0 heterocycles. The molecule has 0 unspecified atom stereocenters. The highest BCUT2D eigenvalue weighted by molar-refractivity contribution is 6.06. The van der Waals surface area contributed by atoms with Crippen LogP contribution in [0.2, 0.25) is 0 Å². The lowest BCUT2D eigenvalue weighted by molar-refractivity contribution is 0.0526. The van der Waals surface area contributed by atoms with Gasteiger partial charge >= 0.3 is 5.97 Å². The van der Waals surface area contributed by atoms with Gasteiger partial charge in [-0.3, -0.25) is 0 Å². The van der Waals surface area contributed by atoms with Crippen LogP contribution in [0, 0.1) is 0 Å². The number of rotatable bonds is 5. The third-order valence-electron chi connectivity index (χ3n) is 10.3. The maximum atomic E-state index is 12.5. The largest absolute Gasteiger partial charge is 0.462 e. The van der Waals surface area contributed by atoms with Crippen LogP contribution in [0.15, 0.2) is 146 Å². The molecule has 0 fully saturated rings. The van der Waals surface area contributed by atoms with Crippen molar-refractivity contribution in [1.29, 1.82) is 0 Å². The van der Waals surface area contributed by atoms with Crippen LogP contribution in [0.3, 0.4) is 0 Å². The van der Waals surface area contributed by atoms with Gasteiger partial charge in [-0.2, -0.15) is 0 Å². The van der Waals surface area contributed by atoms with E-state index in [9.17, 15) is 4.79 Å². The fourth-order valence-electron chi connectivity index (χ4n) is 8.13. The number of nitrogens with zero attached hydrogens (tertiary/aromatic N) is 1. The highest BCUT2D eigenvalue weighted by atomic mass is 16.5. The number of carbonyl (C=O) groups is 1. The van der Waals surface area contributed by atoms with Gasteiger partial charge in [0.2, 0.25) is 0 Å². The van der Waals surface area contributed by atoms with E-state index in [1.807, 2.05) is 19.1 Å². The Morgan fingerprint density at radius 1 is 0.531 bits per heavy atom. The van der Waals surface area contributed by atoms with Crippen LogP contribution < -0.4 is 4.90 Å². The van der Waals surface area contributed by atoms with E-state index in [0.29, 0.717) is 12.2 Å². The summed E-state index contributed by atoms with van der Waals surface area (Å²) < 4.78 is 5.29. The van der Waals surface area contributed by atoms with Gasteiger partial charge in [0.15, 0.2) is 0 Å². The van der Waals surface area contributed by atoms with Gasteiger partial charge in [-0.15, -0.1) is 0 Å². The van der Waals surface area contributed by atoms with Gasteiger partial charge in [-0.25, -0.2) is 4.79 Å². The summed E-state index contributed by atoms with van der Waals surface area (Å²) in [6.07, 6.45) is 0. The highest BCUT2D eigenvalue weighted by Gasteiger charge is 2.38. The summed E-state index contributed by atoms with van der Waals surface area (Å²) in [7, 11) is 0. The number of anilines is 3. The van der Waals surface area contributed by atoms with Crippen molar-refractivity contribution in [1.82, 2.24) is 0 Å². The Bertz CT molecular complexity index is 2550. The topological polar surface area (TPSA) is 29.5 Å². The third-order valence-corrected chi connectivity index (χ3v) is 10.3. The number of hydrogen-bond acceptors (Lipinski definition) is 3. The third kappa shape index (κ3) is 4.61. The number of esters is 1. The SMILES string of the molecule is CCOC(=O)c1ccc2c3c(ccc2c1)-c1ccc2cc(N(c4ccc5ccccc5c4)c4ccc5ccccc5c4)ccc2c1C3(C)C. The van der Waals surface area contributed by atoms with Crippen molar-refractivity contribution in [2.45, 2.75) is 26.2 Å². The number of ether oxygens (including phenoxy) is 1. The van der Waals surface area contributed by atoms with Crippen LogP contribution in [0.4, 0.5) is 17.1 Å². The molecular weight excluding hydrogens is 599 g/mol. The summed E-state index contributed by atoms with van der Waals surface area (Å²) in [5, 5.41) is 9.58. The van der Waals surface area contributed by atoms with E-state index in [0.717, 1.165) is 22.4 Å². The Balaban J connectivity index is 1.20. The smallest absolute Gasteiger partial charge is 0.338 e. The quantitative estimate of drug-likeness (QED) is 0.177. The Morgan fingerprint density at radius 2 is 0.980 bits per heavy atom. The first-order valence-electron chi connectivity index (χ1n) is 17.0. The first-order chi connectivity index (χ1) is 23.9. The molecule has 236 valence electrons. The molecule has 0 radical (unpaired) electrons. The van der Waals surface area contributed by atoms with Crippen molar-refractivity contribution >= 4 is 66.1 Å². The van der Waals surface area contributed by atoms with Crippen LogP contribution in [0.25, 0.3) is 54.2 Å². The van der Waals surface area contributed by atoms with Crippen molar-refractivity contribution in [2.75, 3.05) is 11.5 Å². The summed E-state index contributed by atoms with van der Waals surface area (Å²) in [6, 6.07) is 52.4. The van der Waals surface area contributed by atoms with Crippen molar-refractivity contribution in [3.8, 4) is 11.1 Å². The fourth-order valence-corrected chi connectivity index (χ4v) is 8.13. The molecule has 0 saturated carbocycles. The zero-order chi connectivity index (χ0) is 33.3. The standard InChI is InChI=1S/C46H35NO2/c1-4-49-45(48)35-17-21-39-33(25-35)15-22-41-42-23-16-34-28-38(20-24-40(34)44(42)46(2,3)43(39)41)47(36-18-13-29-9-5-7-11-31(29)26-36)37-19-14-30-10-6-8-12-32(30)27-37/h5-28H,4H2,1-3H3. The van der Waals surface area contributed by atoms with E-state index < -0.39 is 0 Å². The van der Waals surface area contributed by atoms with Crippen molar-refractivity contribution in [2.24, 2.45) is 0 Å². The van der Waals surface area contributed by atoms with Crippen LogP contribution in [0.5, 0.6) is 0 Å². The predicted octanol–water partition coefficient (Wildman–Crippen LogP) is 12.3. The minimum absolute atomic E-state index is 0.243. The van der Waals surface area contributed by atoms with Gasteiger partial charge in [0.25, 0.3) is 0 Å². The monoisotopic (exact) mass is 633 g/mol. The predicted molar refractivity (Wildman–Crippen MR) is 205 cm³/mol. The molecule has 49 heavy (non-hydrogen) atoms. The maximum absolute atomic E-state index is 12.5. The second-order valence-corrected chi connectivity index (χ2v) is 13.6. The van der Waals surface area contributed by atoms with Crippen LogP contribution in [-0.2, 0) is 10.2 Å². The molecule has 8 aromatic rings. The fraction of sp³-hybridized carbons (Fsp3) is 0.109. The molecule has 0 spiro atoms. The number of fused-ring (bicyclic) bond motifs is 9. The van der Waals surface area contributed by atoms with Gasteiger partial charge in [0.1, 0.15) is 0 Å². The lowest BCUT2D eigenvalue weighted by atomic mass is 9.78. The number of carbonyl (C=O) groups excluding carboxylic acids is 1. The number of hydrogen-bond donors (Lipinski definition) is 0. The summed E-state index contributed by atoms with van der Waals surface area (Å²) >= 11 is 0. The molecule has 0 bridgehead atoms. The summed E-state index contributed by atoms with van der Waals surface area (Å²) in [6.45, 7) is 6.87. The lowest BCUT2D eigenvalue weighted by Crippen LogP contribution is -2.16. The van der Waals surface area contributed by atoms with Gasteiger partial charge in [0.05, 0.1) is 12.2 Å². The molecule has 0 aromatic heterocycles. The Labute approximate surface area is 286 Å². The van der Waals surface area contributed by atoms with E-state index in [1.165, 1.54) is 60.0 Å². The molecule has 3 nitrogen and oxygen atoms in total. The van der Waals surface area contributed by atoms with Gasteiger partial charge < -0.3 is 9.64 Å². The van der Waals surface area contributed by atoms with Crippen LogP contribution >= 0.6 is 0 Å². The highest BCUT2D eigenvalue weighted by Crippen LogP contribution is 2.54. The van der Waals surface area contributed by atoms with Gasteiger partial charge in [-0.05, 0) is 121 Å². The molecule has 1 aliphatic carbocycles. The second kappa shape index (κ2) is 11.1. The van der Waals surface area contributed by atoms with Crippen molar-refractivity contribution < 1.29 is 9.53 Å². The summed E-state index contributed by atoms with van der Waals surface area (Å²) in [5.41, 5.74) is 8.89. The molecule has 3 heteroatoms. The first kappa shape index (κ1) is 29.2. The molecule has 8 aromatic carbocycles. The van der Waals surface area contributed by atoms with Crippen molar-refractivity contribution in [3.05, 3.63) is 162 Å². The number of benzene rings is 8. The molecule has 1 aliphatic rings. The molecule has 0 aliphatic heterocycles. The first-order valence-corrected chi connectivity index (χ1v) is 17.0. The normalized spacial score (nSPS) is 13.1. The van der Waals surface area contributed by atoms with E-state index in [4.69, 9.17) is 4.74 Å². The van der Waals surface area contributed by atoms with Gasteiger partial charge in [0, 0.05) is 22.5 Å². The minimum atomic E-state index is -0.282. The van der Waals surface area contributed by atoms with E-state index >= 15 is 0 Å². The van der Waals surface area contributed by atoms with Crippen molar-refractivity contribution in [3.63, 3.8) is 0 Å². The van der Waals surface area contributed by atoms with Gasteiger partial charge in [-0.1, -0.05) is 111 Å². The maximum Gasteiger partial charge on any atom is 0.338 e. The Morgan fingerprint density at radius 3 is 1.53 bits per heavy atom.